The highest BCUT2D eigenvalue weighted by atomic mass is 32.2. The molecule has 6 rings (SSSR count). The van der Waals surface area contributed by atoms with Crippen molar-refractivity contribution in [1.29, 1.82) is 0 Å². The summed E-state index contributed by atoms with van der Waals surface area (Å²) in [5.74, 6) is 0.427. The lowest BCUT2D eigenvalue weighted by Gasteiger charge is -2.45. The lowest BCUT2D eigenvalue weighted by molar-refractivity contribution is -0.137. The first-order valence-electron chi connectivity index (χ1n) is 13.1. The summed E-state index contributed by atoms with van der Waals surface area (Å²) in [5.41, 5.74) is 5.90. The first-order valence-corrected chi connectivity index (χ1v) is 15.8. The second-order valence-electron chi connectivity index (χ2n) is 10.4. The molecule has 1 fully saturated rings. The van der Waals surface area contributed by atoms with Crippen LogP contribution in [0.5, 0.6) is 0 Å². The highest BCUT2D eigenvalue weighted by molar-refractivity contribution is 7.99. The van der Waals surface area contributed by atoms with E-state index in [4.69, 9.17) is 5.73 Å². The highest BCUT2D eigenvalue weighted by Gasteiger charge is 2.41. The summed E-state index contributed by atoms with van der Waals surface area (Å²) in [6.07, 6.45) is -2.81. The number of thiophene rings is 1. The Labute approximate surface area is 245 Å². The SMILES string of the molecule is C=CC(=O)N1C[C@H](C)N(c2nc(=O)n3c4c(c(-c5csc6sc(N)nc56)c(C(F)(F)F)cc24)SCC3CC)C[C@H]1C. The third-order valence-electron chi connectivity index (χ3n) is 7.84. The summed E-state index contributed by atoms with van der Waals surface area (Å²) in [5, 5.41) is 2.25. The number of fused-ring (bicyclic) bond motifs is 1. The Morgan fingerprint density at radius 3 is 2.68 bits per heavy atom. The molecular formula is C27H27F3N6O2S3. The molecule has 41 heavy (non-hydrogen) atoms. The number of piperazine rings is 1. The van der Waals surface area contributed by atoms with Crippen LogP contribution in [0.1, 0.15) is 38.8 Å². The molecule has 0 radical (unpaired) electrons. The normalized spacial score (nSPS) is 21.2. The third-order valence-corrected chi connectivity index (χ3v) is 11.1. The number of hydrogen-bond donors (Lipinski definition) is 1. The van der Waals surface area contributed by atoms with Crippen LogP contribution < -0.4 is 16.3 Å². The van der Waals surface area contributed by atoms with Gasteiger partial charge in [-0.15, -0.1) is 23.1 Å². The molecule has 5 heterocycles. The molecule has 0 saturated carbocycles. The van der Waals surface area contributed by atoms with Crippen LogP contribution in [-0.4, -0.2) is 56.3 Å². The van der Waals surface area contributed by atoms with Crippen molar-refractivity contribution in [2.75, 3.05) is 29.5 Å². The second-order valence-corrected chi connectivity index (χ2v) is 13.6. The number of carbonyl (C=O) groups is 1. The summed E-state index contributed by atoms with van der Waals surface area (Å²) < 4.78 is 47.1. The van der Waals surface area contributed by atoms with Crippen LogP contribution in [0.25, 0.3) is 31.6 Å². The van der Waals surface area contributed by atoms with Gasteiger partial charge in [0.25, 0.3) is 0 Å². The summed E-state index contributed by atoms with van der Waals surface area (Å²) in [6.45, 7) is 9.89. The van der Waals surface area contributed by atoms with Crippen molar-refractivity contribution in [3.63, 3.8) is 0 Å². The van der Waals surface area contributed by atoms with Crippen molar-refractivity contribution in [2.45, 2.75) is 56.4 Å². The maximum atomic E-state index is 14.9. The van der Waals surface area contributed by atoms with Crippen LogP contribution in [-0.2, 0) is 11.0 Å². The van der Waals surface area contributed by atoms with Gasteiger partial charge in [0.2, 0.25) is 5.91 Å². The zero-order valence-corrected chi connectivity index (χ0v) is 24.9. The molecule has 0 bridgehead atoms. The number of nitrogens with zero attached hydrogens (tertiary/aromatic N) is 5. The molecule has 14 heteroatoms. The van der Waals surface area contributed by atoms with Crippen LogP contribution in [0.15, 0.2) is 33.8 Å². The number of amides is 1. The summed E-state index contributed by atoms with van der Waals surface area (Å²) in [6, 6.07) is 0.356. The van der Waals surface area contributed by atoms with E-state index in [-0.39, 0.29) is 45.9 Å². The molecule has 3 atom stereocenters. The predicted octanol–water partition coefficient (Wildman–Crippen LogP) is 6.00. The maximum Gasteiger partial charge on any atom is 0.417 e. The third kappa shape index (κ3) is 4.41. The van der Waals surface area contributed by atoms with Crippen molar-refractivity contribution >= 4 is 71.7 Å². The molecule has 1 saturated heterocycles. The number of thioether (sulfide) groups is 1. The number of hydrogen-bond acceptors (Lipinski definition) is 9. The number of nitrogens with two attached hydrogens (primary N) is 1. The zero-order chi connectivity index (χ0) is 29.4. The van der Waals surface area contributed by atoms with Gasteiger partial charge in [-0.05, 0) is 32.4 Å². The fraction of sp³-hybridized carbons (Fsp3) is 0.407. The average molecular weight is 621 g/mol. The van der Waals surface area contributed by atoms with E-state index in [1.54, 1.807) is 14.8 Å². The minimum Gasteiger partial charge on any atom is -0.375 e. The van der Waals surface area contributed by atoms with E-state index < -0.39 is 17.4 Å². The van der Waals surface area contributed by atoms with E-state index in [2.05, 4.69) is 16.5 Å². The Bertz CT molecular complexity index is 1780. The van der Waals surface area contributed by atoms with Crippen molar-refractivity contribution in [3.8, 4) is 11.1 Å². The Kier molecular flexibility index (Phi) is 6.85. The van der Waals surface area contributed by atoms with E-state index in [0.717, 1.165) is 10.1 Å². The fourth-order valence-electron chi connectivity index (χ4n) is 5.87. The molecule has 2 N–H and O–H groups in total. The van der Waals surface area contributed by atoms with E-state index >= 15 is 0 Å². The molecule has 1 aromatic carbocycles. The van der Waals surface area contributed by atoms with Gasteiger partial charge in [0.05, 0.1) is 11.1 Å². The molecule has 1 amide bonds. The predicted molar refractivity (Wildman–Crippen MR) is 160 cm³/mol. The van der Waals surface area contributed by atoms with Gasteiger partial charge < -0.3 is 15.5 Å². The maximum absolute atomic E-state index is 14.9. The molecular weight excluding hydrogens is 594 g/mol. The Morgan fingerprint density at radius 2 is 2.00 bits per heavy atom. The minimum atomic E-state index is -4.69. The molecule has 1 unspecified atom stereocenters. The van der Waals surface area contributed by atoms with Crippen molar-refractivity contribution in [2.24, 2.45) is 0 Å². The van der Waals surface area contributed by atoms with Gasteiger partial charge in [-0.25, -0.2) is 9.78 Å². The molecule has 8 nitrogen and oxygen atoms in total. The van der Waals surface area contributed by atoms with Gasteiger partial charge >= 0.3 is 11.9 Å². The average Bonchev–Trinajstić information content (AvgIpc) is 3.49. The van der Waals surface area contributed by atoms with Crippen LogP contribution in [0.4, 0.5) is 24.1 Å². The number of carbonyl (C=O) groups excluding carboxylic acids is 1. The minimum absolute atomic E-state index is 0.0224. The topological polar surface area (TPSA) is 97.4 Å². The van der Waals surface area contributed by atoms with E-state index in [9.17, 15) is 22.8 Å². The molecule has 2 aliphatic rings. The summed E-state index contributed by atoms with van der Waals surface area (Å²) in [7, 11) is 0. The molecule has 0 spiro atoms. The number of alkyl halides is 3. The van der Waals surface area contributed by atoms with Crippen molar-refractivity contribution in [3.05, 3.63) is 40.1 Å². The first-order chi connectivity index (χ1) is 19.4. The van der Waals surface area contributed by atoms with Gasteiger partial charge in [-0.3, -0.25) is 9.36 Å². The number of nitrogen functional groups attached to an aromatic ring is 1. The lowest BCUT2D eigenvalue weighted by Crippen LogP contribution is -2.58. The van der Waals surface area contributed by atoms with Gasteiger partial charge in [0.1, 0.15) is 15.3 Å². The van der Waals surface area contributed by atoms with Crippen LogP contribution in [0, 0.1) is 0 Å². The number of benzene rings is 1. The van der Waals surface area contributed by atoms with E-state index in [1.165, 1.54) is 40.5 Å². The quantitative estimate of drug-likeness (QED) is 0.280. The second kappa shape index (κ2) is 10.0. The van der Waals surface area contributed by atoms with E-state index in [0.29, 0.717) is 46.8 Å². The van der Waals surface area contributed by atoms with Crippen LogP contribution in [0.2, 0.25) is 0 Å². The number of halogens is 3. The lowest BCUT2D eigenvalue weighted by atomic mass is 9.96. The van der Waals surface area contributed by atoms with Gasteiger partial charge in [-0.1, -0.05) is 24.8 Å². The highest BCUT2D eigenvalue weighted by Crippen LogP contribution is 2.52. The van der Waals surface area contributed by atoms with Crippen LogP contribution >= 0.6 is 34.4 Å². The smallest absolute Gasteiger partial charge is 0.375 e. The fourth-order valence-corrected chi connectivity index (χ4v) is 9.21. The molecule has 2 aliphatic heterocycles. The Balaban J connectivity index is 1.67. The Morgan fingerprint density at radius 1 is 1.24 bits per heavy atom. The van der Waals surface area contributed by atoms with Gasteiger partial charge in [0.15, 0.2) is 5.13 Å². The monoisotopic (exact) mass is 620 g/mol. The largest absolute Gasteiger partial charge is 0.417 e. The number of anilines is 2. The summed E-state index contributed by atoms with van der Waals surface area (Å²) in [4.78, 5) is 38.8. The molecule has 216 valence electrons. The van der Waals surface area contributed by atoms with Crippen LogP contribution in [0.3, 0.4) is 0 Å². The van der Waals surface area contributed by atoms with Gasteiger partial charge in [0, 0.05) is 63.8 Å². The van der Waals surface area contributed by atoms with Gasteiger partial charge in [-0.2, -0.15) is 18.2 Å². The van der Waals surface area contributed by atoms with E-state index in [1.807, 2.05) is 25.7 Å². The van der Waals surface area contributed by atoms with Crippen molar-refractivity contribution < 1.29 is 18.0 Å². The zero-order valence-electron chi connectivity index (χ0n) is 22.5. The molecule has 4 aromatic rings. The Hall–Kier alpha value is -3.10. The number of aromatic nitrogens is 3. The summed E-state index contributed by atoms with van der Waals surface area (Å²) >= 11 is 3.88. The number of rotatable bonds is 4. The molecule has 3 aromatic heterocycles. The molecule has 0 aliphatic carbocycles. The standard InChI is InChI=1S/C27H27F3N6O2S3/c1-5-14-10-39-22-19(16-11-40-24-20(16)32-25(31)41-24)17(27(28,29)30)7-15-21(22)36(14)26(38)33-23(15)35-9-12(3)34(8-13(35)4)18(37)6-2/h6-7,11-14H,2,5,8-10H2,1,3-4H3,(H2,31,32)/t12-,13+,14?/m1/s1. The number of thiazole rings is 1. The van der Waals surface area contributed by atoms with Crippen molar-refractivity contribution in [1.82, 2.24) is 19.4 Å². The first kappa shape index (κ1) is 28.0.